The van der Waals surface area contributed by atoms with Crippen molar-refractivity contribution in [3.05, 3.63) is 29.8 Å². The molecule has 1 aromatic rings. The Bertz CT molecular complexity index is 1320. The predicted molar refractivity (Wildman–Crippen MR) is 173 cm³/mol. The van der Waals surface area contributed by atoms with Crippen LogP contribution < -0.4 is 0 Å². The molecule has 1 N–H and O–H groups in total. The minimum absolute atomic E-state index is 0.129. The number of thioether (sulfide) groups is 1. The number of aliphatic carboxylic acids is 1. The van der Waals surface area contributed by atoms with Gasteiger partial charge in [-0.15, -0.1) is 0 Å². The molecule has 0 aliphatic rings. The average Bonchev–Trinajstić information content (AvgIpc) is 2.91. The Kier molecular flexibility index (Phi) is 15.0. The van der Waals surface area contributed by atoms with Crippen molar-refractivity contribution in [1.29, 1.82) is 0 Å². The minimum Gasteiger partial charge on any atom is -0.478 e. The van der Waals surface area contributed by atoms with Gasteiger partial charge in [0.25, 0.3) is 5.91 Å². The molecule has 0 fully saturated rings. The zero-order chi connectivity index (χ0) is 38.3. The van der Waals surface area contributed by atoms with Gasteiger partial charge in [-0.1, -0.05) is 32.9 Å². The molecule has 0 aromatic heterocycles. The number of nitrogens with zero attached hydrogens (tertiary/aromatic N) is 2. The molecule has 4 atom stereocenters. The van der Waals surface area contributed by atoms with E-state index in [1.165, 1.54) is 26.1 Å². The van der Waals surface area contributed by atoms with Crippen molar-refractivity contribution >= 4 is 41.7 Å². The van der Waals surface area contributed by atoms with E-state index in [0.29, 0.717) is 0 Å². The predicted octanol–water partition coefficient (Wildman–Crippen LogP) is 6.41. The smallest absolute Gasteiger partial charge is 0.446 e. The van der Waals surface area contributed by atoms with Gasteiger partial charge >= 0.3 is 29.5 Å². The van der Waals surface area contributed by atoms with Gasteiger partial charge in [0.2, 0.25) is 6.10 Å². The fourth-order valence-electron chi connectivity index (χ4n) is 4.44. The summed E-state index contributed by atoms with van der Waals surface area (Å²) in [5, 5.41) is 9.74. The molecule has 0 aliphatic heterocycles. The fourth-order valence-corrected chi connectivity index (χ4v) is 4.98. The highest BCUT2D eigenvalue weighted by atomic mass is 32.2. The van der Waals surface area contributed by atoms with Crippen molar-refractivity contribution in [3.63, 3.8) is 0 Å². The second-order valence-corrected chi connectivity index (χ2v) is 15.6. The number of hydrogen-bond donors (Lipinski definition) is 1. The molecular weight excluding hydrogens is 676 g/mol. The van der Waals surface area contributed by atoms with Gasteiger partial charge in [-0.2, -0.15) is 13.2 Å². The third kappa shape index (κ3) is 16.1. The lowest BCUT2D eigenvalue weighted by molar-refractivity contribution is -0.173. The maximum absolute atomic E-state index is 14.9. The summed E-state index contributed by atoms with van der Waals surface area (Å²) < 4.78 is 68.9. The van der Waals surface area contributed by atoms with Crippen molar-refractivity contribution in [3.8, 4) is 0 Å². The molecule has 0 saturated heterocycles. The average molecular weight is 725 g/mol. The number of alkyl halides is 4. The quantitative estimate of drug-likeness (QED) is 0.0992. The largest absolute Gasteiger partial charge is 0.478 e. The van der Waals surface area contributed by atoms with Gasteiger partial charge in [0.1, 0.15) is 23.4 Å². The van der Waals surface area contributed by atoms with E-state index in [4.69, 9.17) is 14.2 Å². The summed E-state index contributed by atoms with van der Waals surface area (Å²) in [7, 11) is 2.49. The van der Waals surface area contributed by atoms with Crippen LogP contribution in [0.4, 0.5) is 22.4 Å². The first-order valence-electron chi connectivity index (χ1n) is 15.4. The molecular formula is C33H48F4N2O9S. The van der Waals surface area contributed by atoms with E-state index >= 15 is 0 Å². The summed E-state index contributed by atoms with van der Waals surface area (Å²) in [5.41, 5.74) is -7.68. The number of amides is 2. The van der Waals surface area contributed by atoms with Crippen LogP contribution in [0, 0.1) is 5.41 Å². The molecule has 278 valence electrons. The maximum atomic E-state index is 14.9. The van der Waals surface area contributed by atoms with Crippen molar-refractivity contribution in [2.45, 2.75) is 128 Å². The number of carboxylic acids is 1. The van der Waals surface area contributed by atoms with Crippen LogP contribution in [0.2, 0.25) is 0 Å². The number of benzene rings is 1. The van der Waals surface area contributed by atoms with E-state index in [0.717, 1.165) is 42.8 Å². The molecule has 0 saturated carbocycles. The van der Waals surface area contributed by atoms with Gasteiger partial charge in [0.05, 0.1) is 0 Å². The number of halogens is 4. The molecule has 0 aliphatic carbocycles. The number of esters is 2. The number of carbonyl (C=O) groups is 5. The molecule has 0 unspecified atom stereocenters. The number of hydrogen-bond acceptors (Lipinski definition) is 9. The zero-order valence-corrected chi connectivity index (χ0v) is 30.6. The number of carboxylic acid groups (broad SMARTS) is 1. The van der Waals surface area contributed by atoms with Crippen LogP contribution in [0.1, 0.15) is 80.7 Å². The van der Waals surface area contributed by atoms with Crippen LogP contribution in [0.15, 0.2) is 29.2 Å². The van der Waals surface area contributed by atoms with E-state index in [9.17, 15) is 46.6 Å². The first-order valence-corrected chi connectivity index (χ1v) is 16.2. The number of rotatable bonds is 14. The van der Waals surface area contributed by atoms with Crippen LogP contribution in [0.3, 0.4) is 0 Å². The van der Waals surface area contributed by atoms with Gasteiger partial charge in [-0.25, -0.2) is 23.6 Å². The second kappa shape index (κ2) is 16.9. The summed E-state index contributed by atoms with van der Waals surface area (Å²) in [6.07, 6.45) is -5.10. The highest BCUT2D eigenvalue weighted by Crippen LogP contribution is 2.37. The molecule has 0 radical (unpaired) electrons. The molecule has 0 bridgehead atoms. The van der Waals surface area contributed by atoms with Crippen molar-refractivity contribution in [1.82, 2.24) is 9.80 Å². The summed E-state index contributed by atoms with van der Waals surface area (Å²) in [4.78, 5) is 66.7. The molecule has 1 rings (SSSR count). The van der Waals surface area contributed by atoms with E-state index < -0.39 is 89.2 Å². The Hall–Kier alpha value is -3.56. The van der Waals surface area contributed by atoms with Crippen LogP contribution in [0.25, 0.3) is 0 Å². The van der Waals surface area contributed by atoms with E-state index in [1.807, 2.05) is 20.8 Å². The molecule has 2 amide bonds. The summed E-state index contributed by atoms with van der Waals surface area (Å²) >= 11 is -0.355. The first-order chi connectivity index (χ1) is 22.0. The van der Waals surface area contributed by atoms with Crippen molar-refractivity contribution in [2.75, 3.05) is 14.1 Å². The Morgan fingerprint density at radius 3 is 1.71 bits per heavy atom. The number of carbonyl (C=O) groups excluding carboxylic acids is 4. The highest BCUT2D eigenvalue weighted by molar-refractivity contribution is 8.00. The standard InChI is InChI=1S/C33H48F4N2O9S/c1-19(46-27(43)22(17-30(2,3)4)39(11)29(45)48-31(5,6)7)25(40)38(10)23(18-32(8,9)34)28(44)47-24(26(41)42)16-20-12-14-21(15-13-20)49-33(35,36)37/h12-15,19,22-24H,16-18H2,1-11H3,(H,41,42)/t19-,22+,23+,24+/m1/s1. The first kappa shape index (κ1) is 43.5. The van der Waals surface area contributed by atoms with Gasteiger partial charge in [0, 0.05) is 31.8 Å². The monoisotopic (exact) mass is 724 g/mol. The van der Waals surface area contributed by atoms with Gasteiger partial charge in [-0.05, 0) is 82.8 Å². The van der Waals surface area contributed by atoms with Gasteiger partial charge in [-0.3, -0.25) is 9.69 Å². The summed E-state index contributed by atoms with van der Waals surface area (Å²) in [5.74, 6) is -4.74. The van der Waals surface area contributed by atoms with Crippen LogP contribution in [-0.4, -0.2) is 100.0 Å². The minimum atomic E-state index is -4.52. The second-order valence-electron chi connectivity index (χ2n) is 14.5. The number of ether oxygens (including phenoxy) is 3. The summed E-state index contributed by atoms with van der Waals surface area (Å²) in [6, 6.07) is 1.93. The maximum Gasteiger partial charge on any atom is 0.446 e. The normalized spacial score (nSPS) is 14.9. The lowest BCUT2D eigenvalue weighted by Gasteiger charge is -2.34. The van der Waals surface area contributed by atoms with E-state index in [1.54, 1.807) is 20.8 Å². The Morgan fingerprint density at radius 2 is 1.29 bits per heavy atom. The SMILES string of the molecule is C[C@@H](OC(=O)[C@H](CC(C)(C)C)N(C)C(=O)OC(C)(C)C)C(=O)N(C)[C@@H](CC(C)(C)F)C(=O)O[C@@H](Cc1ccc(SC(F)(F)F)cc1)C(=O)O. The van der Waals surface area contributed by atoms with E-state index in [-0.39, 0.29) is 28.6 Å². The van der Waals surface area contributed by atoms with Crippen molar-refractivity contribution in [2.24, 2.45) is 5.41 Å². The van der Waals surface area contributed by atoms with Crippen molar-refractivity contribution < 1.29 is 60.9 Å². The molecule has 11 nitrogen and oxygen atoms in total. The molecule has 49 heavy (non-hydrogen) atoms. The Balaban J connectivity index is 3.21. The number of likely N-dealkylation sites (N-methyl/N-ethyl adjacent to an activating group) is 2. The molecule has 16 heteroatoms. The lowest BCUT2D eigenvalue weighted by Crippen LogP contribution is -2.52. The topological polar surface area (TPSA) is 140 Å². The lowest BCUT2D eigenvalue weighted by atomic mass is 9.87. The van der Waals surface area contributed by atoms with E-state index in [2.05, 4.69) is 0 Å². The Morgan fingerprint density at radius 1 is 0.796 bits per heavy atom. The van der Waals surface area contributed by atoms with Gasteiger partial charge in [0.15, 0.2) is 6.10 Å². The fraction of sp³-hybridized carbons (Fsp3) is 0.667. The summed E-state index contributed by atoms with van der Waals surface area (Å²) in [6.45, 7) is 14.0. The zero-order valence-electron chi connectivity index (χ0n) is 29.8. The molecule has 0 spiro atoms. The van der Waals surface area contributed by atoms with Crippen LogP contribution >= 0.6 is 11.8 Å². The molecule has 0 heterocycles. The van der Waals surface area contributed by atoms with Crippen LogP contribution in [0.5, 0.6) is 0 Å². The highest BCUT2D eigenvalue weighted by Gasteiger charge is 2.40. The Labute approximate surface area is 289 Å². The van der Waals surface area contributed by atoms with Gasteiger partial charge < -0.3 is 24.2 Å². The third-order valence-corrected chi connectivity index (χ3v) is 7.48. The third-order valence-electron chi connectivity index (χ3n) is 6.75. The van der Waals surface area contributed by atoms with Crippen LogP contribution in [-0.2, 0) is 39.8 Å². The molecule has 1 aromatic carbocycles.